The summed E-state index contributed by atoms with van der Waals surface area (Å²) in [4.78, 5) is 10.7. The van der Waals surface area contributed by atoms with Crippen molar-refractivity contribution in [1.29, 1.82) is 0 Å². The number of amides is 1. The lowest BCUT2D eigenvalue weighted by atomic mass is 10.2. The first-order valence-electron chi connectivity index (χ1n) is 4.99. The molecule has 0 saturated heterocycles. The van der Waals surface area contributed by atoms with Crippen molar-refractivity contribution in [2.24, 2.45) is 0 Å². The smallest absolute Gasteiger partial charge is 0.320 e. The van der Waals surface area contributed by atoms with Gasteiger partial charge in [0, 0.05) is 16.4 Å². The van der Waals surface area contributed by atoms with Gasteiger partial charge in [-0.1, -0.05) is 0 Å². The summed E-state index contributed by atoms with van der Waals surface area (Å²) in [5.41, 5.74) is -0.149. The van der Waals surface area contributed by atoms with E-state index in [0.29, 0.717) is 0 Å². The lowest BCUT2D eigenvalue weighted by Gasteiger charge is -2.16. The molecule has 10 heteroatoms. The van der Waals surface area contributed by atoms with Gasteiger partial charge in [0.15, 0.2) is 0 Å². The molecule has 1 rings (SSSR count). The molecule has 0 aliphatic carbocycles. The van der Waals surface area contributed by atoms with Gasteiger partial charge in [-0.25, -0.2) is 17.2 Å². The Kier molecular flexibility index (Phi) is 4.65. The molecule has 1 aromatic rings. The van der Waals surface area contributed by atoms with E-state index >= 15 is 0 Å². The number of carbonyl (C=O) groups is 1. The van der Waals surface area contributed by atoms with E-state index in [0.717, 1.165) is 18.2 Å². The number of anilines is 1. The molecule has 20 heavy (non-hydrogen) atoms. The van der Waals surface area contributed by atoms with E-state index in [4.69, 9.17) is 10.7 Å². The third kappa shape index (κ3) is 3.60. The van der Waals surface area contributed by atoms with Gasteiger partial charge in [-0.2, -0.15) is 8.78 Å². The first-order chi connectivity index (χ1) is 8.96. The van der Waals surface area contributed by atoms with Crippen LogP contribution in [-0.2, 0) is 13.8 Å². The molecule has 112 valence electrons. The van der Waals surface area contributed by atoms with Crippen LogP contribution in [0.2, 0.25) is 0 Å². The predicted octanol–water partition coefficient (Wildman–Crippen LogP) is 2.76. The van der Waals surface area contributed by atoms with E-state index < -0.39 is 27.3 Å². The highest BCUT2D eigenvalue weighted by Crippen LogP contribution is 2.27. The highest BCUT2D eigenvalue weighted by atomic mass is 35.7. The topological polar surface area (TPSA) is 63.2 Å². The second-order valence-electron chi connectivity index (χ2n) is 3.79. The Morgan fingerprint density at radius 2 is 1.90 bits per heavy atom. The van der Waals surface area contributed by atoms with Crippen LogP contribution in [0.4, 0.5) is 23.2 Å². The molecule has 0 atom stereocenters. The van der Waals surface area contributed by atoms with Crippen LogP contribution in [0.25, 0.3) is 0 Å². The highest BCUT2D eigenvalue weighted by Gasteiger charge is 2.49. The zero-order valence-electron chi connectivity index (χ0n) is 9.83. The summed E-state index contributed by atoms with van der Waals surface area (Å²) in [6.45, 7) is 1.29. The van der Waals surface area contributed by atoms with E-state index in [2.05, 4.69) is 0 Å². The zero-order chi connectivity index (χ0) is 15.7. The van der Waals surface area contributed by atoms with Crippen LogP contribution in [0.5, 0.6) is 0 Å². The minimum absolute atomic E-state index is 0.0742. The first kappa shape index (κ1) is 16.7. The summed E-state index contributed by atoms with van der Waals surface area (Å²) in [5.74, 6) is -7.03. The second-order valence-corrected chi connectivity index (χ2v) is 6.36. The normalized spacial score (nSPS) is 12.6. The van der Waals surface area contributed by atoms with Gasteiger partial charge < -0.3 is 5.32 Å². The summed E-state index contributed by atoms with van der Waals surface area (Å²) in [6, 6.07) is 2.94. The maximum absolute atomic E-state index is 12.7. The number of hydrogen-bond donors (Lipinski definition) is 1. The molecule has 1 N–H and O–H groups in total. The van der Waals surface area contributed by atoms with Gasteiger partial charge in [-0.3, -0.25) is 4.79 Å². The van der Waals surface area contributed by atoms with Gasteiger partial charge in [0.05, 0.1) is 4.90 Å². The molecule has 0 aromatic heterocycles. The fraction of sp³-hybridized carbons (Fsp3) is 0.300. The maximum atomic E-state index is 12.7. The van der Waals surface area contributed by atoms with Gasteiger partial charge >= 0.3 is 18.3 Å². The summed E-state index contributed by atoms with van der Waals surface area (Å²) in [6.07, 6.45) is -4.15. The van der Waals surface area contributed by atoms with Crippen LogP contribution < -0.4 is 5.32 Å². The molecule has 0 bridgehead atoms. The molecule has 1 aromatic carbocycles. The van der Waals surface area contributed by atoms with E-state index in [1.165, 1.54) is 6.92 Å². The van der Waals surface area contributed by atoms with Crippen molar-refractivity contribution in [2.75, 3.05) is 5.32 Å². The number of benzene rings is 1. The summed E-state index contributed by atoms with van der Waals surface area (Å²) >= 11 is 0. The zero-order valence-corrected chi connectivity index (χ0v) is 11.4. The first-order valence-corrected chi connectivity index (χ1v) is 7.30. The van der Waals surface area contributed by atoms with Crippen LogP contribution in [0, 0.1) is 6.92 Å². The van der Waals surface area contributed by atoms with E-state index in [-0.39, 0.29) is 16.1 Å². The molecular formula is C10H8ClF4NO3S. The van der Waals surface area contributed by atoms with Crippen molar-refractivity contribution in [2.45, 2.75) is 24.2 Å². The fourth-order valence-corrected chi connectivity index (χ4v) is 2.07. The molecule has 0 saturated carbocycles. The van der Waals surface area contributed by atoms with Crippen molar-refractivity contribution in [3.8, 4) is 0 Å². The molecule has 0 heterocycles. The third-order valence-electron chi connectivity index (χ3n) is 2.30. The SMILES string of the molecule is Cc1cc(S(=O)(=O)Cl)ccc1NC(=O)C(F)(F)C(F)F. The Labute approximate surface area is 116 Å². The average molecular weight is 334 g/mol. The van der Waals surface area contributed by atoms with Crippen LogP contribution in [0.1, 0.15) is 5.56 Å². The number of rotatable bonds is 4. The molecule has 0 fully saturated rings. The number of nitrogens with one attached hydrogen (secondary N) is 1. The molecule has 0 spiro atoms. The highest BCUT2D eigenvalue weighted by molar-refractivity contribution is 8.13. The Hall–Kier alpha value is -1.35. The number of aryl methyl sites for hydroxylation is 1. The Bertz CT molecular complexity index is 633. The number of hydrogen-bond acceptors (Lipinski definition) is 3. The average Bonchev–Trinajstić information content (AvgIpc) is 2.29. The lowest BCUT2D eigenvalue weighted by molar-refractivity contribution is -0.163. The Morgan fingerprint density at radius 1 is 1.35 bits per heavy atom. The fourth-order valence-electron chi connectivity index (χ4n) is 1.23. The van der Waals surface area contributed by atoms with Crippen LogP contribution in [-0.4, -0.2) is 26.7 Å². The molecular weight excluding hydrogens is 326 g/mol. The van der Waals surface area contributed by atoms with Crippen molar-refractivity contribution in [3.05, 3.63) is 23.8 Å². The van der Waals surface area contributed by atoms with Crippen LogP contribution >= 0.6 is 10.7 Å². The summed E-state index contributed by atoms with van der Waals surface area (Å²) in [5, 5.41) is 1.60. The number of halogens is 5. The molecule has 0 aliphatic rings. The summed E-state index contributed by atoms with van der Waals surface area (Å²) < 4.78 is 71.5. The molecule has 0 aliphatic heterocycles. The number of carbonyl (C=O) groups excluding carboxylic acids is 1. The van der Waals surface area contributed by atoms with Crippen molar-refractivity contribution in [3.63, 3.8) is 0 Å². The molecule has 0 unspecified atom stereocenters. The minimum Gasteiger partial charge on any atom is -0.320 e. The monoisotopic (exact) mass is 333 g/mol. The maximum Gasteiger partial charge on any atom is 0.383 e. The van der Waals surface area contributed by atoms with Gasteiger partial charge in [0.2, 0.25) is 0 Å². The number of alkyl halides is 4. The second kappa shape index (κ2) is 5.57. The van der Waals surface area contributed by atoms with E-state index in [9.17, 15) is 30.8 Å². The lowest BCUT2D eigenvalue weighted by Crippen LogP contribution is -2.41. The third-order valence-corrected chi connectivity index (χ3v) is 3.66. The largest absolute Gasteiger partial charge is 0.383 e. The summed E-state index contributed by atoms with van der Waals surface area (Å²) in [7, 11) is 1.05. The molecule has 4 nitrogen and oxygen atoms in total. The van der Waals surface area contributed by atoms with Gasteiger partial charge in [-0.15, -0.1) is 0 Å². The van der Waals surface area contributed by atoms with Crippen LogP contribution in [0.15, 0.2) is 23.1 Å². The predicted molar refractivity (Wildman–Crippen MR) is 63.8 cm³/mol. The Balaban J connectivity index is 3.04. The minimum atomic E-state index is -4.84. The van der Waals surface area contributed by atoms with Crippen molar-refractivity contribution >= 4 is 31.3 Å². The van der Waals surface area contributed by atoms with Gasteiger partial charge in [-0.05, 0) is 30.7 Å². The van der Waals surface area contributed by atoms with E-state index in [1.807, 2.05) is 0 Å². The van der Waals surface area contributed by atoms with E-state index in [1.54, 1.807) is 5.32 Å². The quantitative estimate of drug-likeness (QED) is 0.680. The molecule has 1 amide bonds. The van der Waals surface area contributed by atoms with Crippen molar-refractivity contribution in [1.82, 2.24) is 0 Å². The van der Waals surface area contributed by atoms with Crippen LogP contribution in [0.3, 0.4) is 0 Å². The Morgan fingerprint density at radius 3 is 2.30 bits per heavy atom. The van der Waals surface area contributed by atoms with Gasteiger partial charge in [0.1, 0.15) is 0 Å². The molecule has 0 radical (unpaired) electrons. The van der Waals surface area contributed by atoms with Gasteiger partial charge in [0.25, 0.3) is 9.05 Å². The van der Waals surface area contributed by atoms with Crippen molar-refractivity contribution < 1.29 is 30.8 Å². The standard InChI is InChI=1S/C10H8ClF4NO3S/c1-5-4-6(20(11,18)19)2-3-7(5)16-9(17)10(14,15)8(12)13/h2-4,8H,1H3,(H,16,17).